The Morgan fingerprint density at radius 3 is 2.38 bits per heavy atom. The molecular formula is C29H34N4O7. The molecule has 3 N–H and O–H groups in total. The number of rotatable bonds is 13. The monoisotopic (exact) mass is 550 g/mol. The Kier molecular flexibility index (Phi) is 10.2. The predicted molar refractivity (Wildman–Crippen MR) is 149 cm³/mol. The SMILES string of the molecule is CCC(CN)(OC(=O)C(Cc1cccc(OC)n1)Nc1ccccc1[N+](=O)[O-])OC(=O)C(C)c1ccccc1C. The highest BCUT2D eigenvalue weighted by Crippen LogP contribution is 2.28. The van der Waals surface area contributed by atoms with Crippen LogP contribution in [0.15, 0.2) is 66.7 Å². The number of pyridine rings is 1. The number of hydrogen-bond acceptors (Lipinski definition) is 10. The number of nitrogens with two attached hydrogens (primary N) is 1. The molecule has 0 saturated carbocycles. The van der Waals surface area contributed by atoms with Gasteiger partial charge in [0.05, 0.1) is 24.5 Å². The van der Waals surface area contributed by atoms with E-state index in [2.05, 4.69) is 10.3 Å². The molecular weight excluding hydrogens is 516 g/mol. The van der Waals surface area contributed by atoms with Crippen molar-refractivity contribution >= 4 is 23.3 Å². The van der Waals surface area contributed by atoms with Gasteiger partial charge in [-0.05, 0) is 37.1 Å². The van der Waals surface area contributed by atoms with Crippen molar-refractivity contribution in [3.63, 3.8) is 0 Å². The van der Waals surface area contributed by atoms with Crippen molar-refractivity contribution in [2.45, 2.75) is 51.4 Å². The average molecular weight is 551 g/mol. The number of anilines is 1. The Hall–Kier alpha value is -4.51. The smallest absolute Gasteiger partial charge is 0.332 e. The van der Waals surface area contributed by atoms with Crippen LogP contribution in [0.2, 0.25) is 0 Å². The Morgan fingerprint density at radius 1 is 1.05 bits per heavy atom. The zero-order valence-electron chi connectivity index (χ0n) is 23.0. The van der Waals surface area contributed by atoms with Gasteiger partial charge in [0, 0.05) is 30.7 Å². The molecule has 11 nitrogen and oxygen atoms in total. The molecule has 3 unspecified atom stereocenters. The lowest BCUT2D eigenvalue weighted by atomic mass is 9.96. The quantitative estimate of drug-likeness (QED) is 0.136. The van der Waals surface area contributed by atoms with E-state index in [-0.39, 0.29) is 30.8 Å². The largest absolute Gasteiger partial charge is 0.481 e. The summed E-state index contributed by atoms with van der Waals surface area (Å²) in [5.74, 6) is -3.49. The van der Waals surface area contributed by atoms with E-state index in [1.54, 1.807) is 38.1 Å². The topological polar surface area (TPSA) is 156 Å². The number of aromatic nitrogens is 1. The van der Waals surface area contributed by atoms with E-state index in [0.29, 0.717) is 11.6 Å². The minimum absolute atomic E-state index is 0.0139. The van der Waals surface area contributed by atoms with Gasteiger partial charge in [0.15, 0.2) is 0 Å². The molecule has 0 amide bonds. The number of ether oxygens (including phenoxy) is 3. The van der Waals surface area contributed by atoms with E-state index in [9.17, 15) is 19.7 Å². The standard InChI is InChI=1S/C29H34N4O7/c1-5-29(18-30,39-27(34)20(3)22-13-7-6-11-19(22)2)40-28(35)24(17-21-12-10-16-26(31-21)38-4)32-23-14-8-9-15-25(23)33(36)37/h6-16,20,24,32H,5,17-18,30H2,1-4H3. The first kappa shape index (κ1) is 30.0. The van der Waals surface area contributed by atoms with Crippen molar-refractivity contribution in [3.05, 3.63) is 93.7 Å². The molecule has 40 heavy (non-hydrogen) atoms. The number of para-hydroxylation sites is 2. The maximum absolute atomic E-state index is 13.6. The van der Waals surface area contributed by atoms with Gasteiger partial charge >= 0.3 is 11.9 Å². The molecule has 0 aliphatic heterocycles. The van der Waals surface area contributed by atoms with E-state index < -0.39 is 34.6 Å². The lowest BCUT2D eigenvalue weighted by molar-refractivity contribution is -0.384. The molecule has 0 aliphatic carbocycles. The van der Waals surface area contributed by atoms with Crippen molar-refractivity contribution in [2.24, 2.45) is 5.73 Å². The van der Waals surface area contributed by atoms with Crippen molar-refractivity contribution < 1.29 is 28.7 Å². The Balaban J connectivity index is 1.90. The van der Waals surface area contributed by atoms with Gasteiger partial charge in [-0.25, -0.2) is 9.78 Å². The molecule has 0 aliphatic rings. The van der Waals surface area contributed by atoms with Crippen LogP contribution in [0.5, 0.6) is 5.88 Å². The number of aryl methyl sites for hydroxylation is 1. The second-order valence-electron chi connectivity index (χ2n) is 9.24. The van der Waals surface area contributed by atoms with Gasteiger partial charge in [-0.1, -0.05) is 49.4 Å². The van der Waals surface area contributed by atoms with Crippen molar-refractivity contribution in [1.82, 2.24) is 4.98 Å². The summed E-state index contributed by atoms with van der Waals surface area (Å²) < 4.78 is 16.7. The van der Waals surface area contributed by atoms with Crippen LogP contribution in [0.25, 0.3) is 0 Å². The van der Waals surface area contributed by atoms with E-state index in [4.69, 9.17) is 19.9 Å². The Bertz CT molecular complexity index is 1340. The second-order valence-corrected chi connectivity index (χ2v) is 9.24. The van der Waals surface area contributed by atoms with Crippen molar-refractivity contribution in [2.75, 3.05) is 19.0 Å². The number of carbonyl (C=O) groups excluding carboxylic acids is 2. The Morgan fingerprint density at radius 2 is 1.73 bits per heavy atom. The summed E-state index contributed by atoms with van der Waals surface area (Å²) in [7, 11) is 1.46. The van der Waals surface area contributed by atoms with Crippen LogP contribution in [0, 0.1) is 17.0 Å². The summed E-state index contributed by atoms with van der Waals surface area (Å²) >= 11 is 0. The highest BCUT2D eigenvalue weighted by Gasteiger charge is 2.39. The molecule has 1 aromatic heterocycles. The van der Waals surface area contributed by atoms with Crippen molar-refractivity contribution in [3.8, 4) is 5.88 Å². The zero-order valence-corrected chi connectivity index (χ0v) is 23.0. The van der Waals surface area contributed by atoms with E-state index in [1.165, 1.54) is 25.3 Å². The highest BCUT2D eigenvalue weighted by molar-refractivity contribution is 5.82. The molecule has 3 rings (SSSR count). The maximum Gasteiger partial charge on any atom is 0.332 e. The molecule has 212 valence electrons. The summed E-state index contributed by atoms with van der Waals surface area (Å²) in [6.07, 6.45) is 0.0666. The number of esters is 2. The van der Waals surface area contributed by atoms with Crippen LogP contribution in [-0.4, -0.2) is 47.3 Å². The van der Waals surface area contributed by atoms with E-state index >= 15 is 0 Å². The van der Waals surface area contributed by atoms with Gasteiger partial charge in [-0.15, -0.1) is 0 Å². The summed E-state index contributed by atoms with van der Waals surface area (Å²) in [5, 5.41) is 14.5. The van der Waals surface area contributed by atoms with Gasteiger partial charge in [0.25, 0.3) is 11.5 Å². The fraction of sp³-hybridized carbons (Fsp3) is 0.345. The van der Waals surface area contributed by atoms with Crippen LogP contribution in [0.3, 0.4) is 0 Å². The lowest BCUT2D eigenvalue weighted by Crippen LogP contribution is -2.49. The number of methoxy groups -OCH3 is 1. The first-order valence-electron chi connectivity index (χ1n) is 12.8. The van der Waals surface area contributed by atoms with E-state index in [1.807, 2.05) is 31.2 Å². The molecule has 11 heteroatoms. The van der Waals surface area contributed by atoms with Crippen LogP contribution in [-0.2, 0) is 25.5 Å². The van der Waals surface area contributed by atoms with Gasteiger partial charge in [-0.3, -0.25) is 14.9 Å². The predicted octanol–water partition coefficient (Wildman–Crippen LogP) is 4.29. The number of nitrogens with zero attached hydrogens (tertiary/aromatic N) is 2. The summed E-state index contributed by atoms with van der Waals surface area (Å²) in [4.78, 5) is 42.2. The van der Waals surface area contributed by atoms with Gasteiger partial charge in [0.2, 0.25) is 5.88 Å². The third-order valence-electron chi connectivity index (χ3n) is 6.55. The summed E-state index contributed by atoms with van der Waals surface area (Å²) in [6.45, 7) is 4.98. The van der Waals surface area contributed by atoms with Crippen LogP contribution >= 0.6 is 0 Å². The molecule has 3 atom stereocenters. The van der Waals surface area contributed by atoms with Crippen LogP contribution in [0.4, 0.5) is 11.4 Å². The summed E-state index contributed by atoms with van der Waals surface area (Å²) in [6, 6.07) is 17.2. The third-order valence-corrected chi connectivity index (χ3v) is 6.55. The number of carbonyl (C=O) groups is 2. The highest BCUT2D eigenvalue weighted by atomic mass is 16.7. The second kappa shape index (κ2) is 13.5. The number of hydrogen-bond donors (Lipinski definition) is 2. The molecule has 3 aromatic rings. The zero-order chi connectivity index (χ0) is 29.3. The van der Waals surface area contributed by atoms with Crippen LogP contribution < -0.4 is 15.8 Å². The fourth-order valence-electron chi connectivity index (χ4n) is 4.15. The number of benzene rings is 2. The Labute approximate surface area is 232 Å². The maximum atomic E-state index is 13.6. The molecule has 0 bridgehead atoms. The third kappa shape index (κ3) is 7.32. The first-order valence-corrected chi connectivity index (χ1v) is 12.8. The van der Waals surface area contributed by atoms with Gasteiger partial charge in [0.1, 0.15) is 11.7 Å². The lowest BCUT2D eigenvalue weighted by Gasteiger charge is -2.33. The molecule has 0 spiro atoms. The normalized spacial score (nSPS) is 13.8. The molecule has 0 radical (unpaired) electrons. The molecule has 2 aromatic carbocycles. The number of nitro benzene ring substituents is 1. The molecule has 0 saturated heterocycles. The number of nitro groups is 1. The average Bonchev–Trinajstić information content (AvgIpc) is 2.96. The first-order chi connectivity index (χ1) is 19.1. The molecule has 0 fully saturated rings. The molecule has 1 heterocycles. The van der Waals surface area contributed by atoms with Crippen LogP contribution in [0.1, 0.15) is 43.0 Å². The van der Waals surface area contributed by atoms with Gasteiger partial charge < -0.3 is 25.3 Å². The number of nitrogens with one attached hydrogen (secondary N) is 1. The minimum atomic E-state index is -1.75. The van der Waals surface area contributed by atoms with Gasteiger partial charge in [-0.2, -0.15) is 0 Å². The summed E-state index contributed by atoms with van der Waals surface area (Å²) in [5.41, 5.74) is 8.04. The minimum Gasteiger partial charge on any atom is -0.481 e. The fourth-order valence-corrected chi connectivity index (χ4v) is 4.15. The van der Waals surface area contributed by atoms with Crippen molar-refractivity contribution in [1.29, 1.82) is 0 Å². The van der Waals surface area contributed by atoms with E-state index in [0.717, 1.165) is 11.1 Å².